The SMILES string of the molecule is O=C(NCC1(C(=O)O)CCCCC1)c1c[nH]c2cccc(Br)c12. The summed E-state index contributed by atoms with van der Waals surface area (Å²) in [6.45, 7) is 0.179. The first-order valence-electron chi connectivity index (χ1n) is 7.81. The van der Waals surface area contributed by atoms with E-state index in [1.165, 1.54) is 0 Å². The van der Waals surface area contributed by atoms with Gasteiger partial charge in [-0.1, -0.05) is 41.3 Å². The molecule has 1 aliphatic rings. The smallest absolute Gasteiger partial charge is 0.311 e. The van der Waals surface area contributed by atoms with Crippen LogP contribution in [-0.4, -0.2) is 28.5 Å². The first kappa shape index (κ1) is 16.1. The lowest BCUT2D eigenvalue weighted by Crippen LogP contribution is -2.44. The number of nitrogens with one attached hydrogen (secondary N) is 2. The number of aliphatic carboxylic acids is 1. The van der Waals surface area contributed by atoms with Crippen LogP contribution in [0.25, 0.3) is 10.9 Å². The van der Waals surface area contributed by atoms with E-state index in [0.29, 0.717) is 18.4 Å². The molecule has 0 aliphatic heterocycles. The summed E-state index contributed by atoms with van der Waals surface area (Å²) in [5.41, 5.74) is 0.580. The van der Waals surface area contributed by atoms with Gasteiger partial charge in [0.25, 0.3) is 5.91 Å². The van der Waals surface area contributed by atoms with Gasteiger partial charge in [0.15, 0.2) is 0 Å². The monoisotopic (exact) mass is 378 g/mol. The minimum absolute atomic E-state index is 0.179. The second-order valence-electron chi connectivity index (χ2n) is 6.19. The summed E-state index contributed by atoms with van der Waals surface area (Å²) in [5, 5.41) is 13.2. The molecule has 3 rings (SSSR count). The molecule has 23 heavy (non-hydrogen) atoms. The van der Waals surface area contributed by atoms with Crippen molar-refractivity contribution in [2.45, 2.75) is 32.1 Å². The van der Waals surface area contributed by atoms with E-state index in [9.17, 15) is 14.7 Å². The number of halogens is 1. The maximum atomic E-state index is 12.5. The predicted octanol–water partition coefficient (Wildman–Crippen LogP) is 3.70. The molecule has 1 saturated carbocycles. The van der Waals surface area contributed by atoms with Crippen LogP contribution in [0.3, 0.4) is 0 Å². The molecule has 0 radical (unpaired) electrons. The Labute approximate surface area is 142 Å². The number of aromatic amines is 1. The van der Waals surface area contributed by atoms with Crippen molar-refractivity contribution in [3.05, 3.63) is 34.4 Å². The molecular formula is C17H19BrN2O3. The van der Waals surface area contributed by atoms with Crippen molar-refractivity contribution in [2.75, 3.05) is 6.54 Å². The van der Waals surface area contributed by atoms with E-state index >= 15 is 0 Å². The molecular weight excluding hydrogens is 360 g/mol. The first-order valence-corrected chi connectivity index (χ1v) is 8.60. The van der Waals surface area contributed by atoms with Gasteiger partial charge in [-0.2, -0.15) is 0 Å². The van der Waals surface area contributed by atoms with Crippen molar-refractivity contribution in [3.8, 4) is 0 Å². The summed E-state index contributed by atoms with van der Waals surface area (Å²) in [6, 6.07) is 5.68. The molecule has 122 valence electrons. The zero-order chi connectivity index (χ0) is 16.4. The van der Waals surface area contributed by atoms with Gasteiger partial charge in [-0.05, 0) is 25.0 Å². The number of fused-ring (bicyclic) bond motifs is 1. The predicted molar refractivity (Wildman–Crippen MR) is 91.5 cm³/mol. The third kappa shape index (κ3) is 3.00. The minimum Gasteiger partial charge on any atom is -0.481 e. The van der Waals surface area contributed by atoms with Gasteiger partial charge in [0.1, 0.15) is 0 Å². The van der Waals surface area contributed by atoms with Crippen LogP contribution in [-0.2, 0) is 4.79 Å². The van der Waals surface area contributed by atoms with Gasteiger partial charge in [-0.25, -0.2) is 0 Å². The molecule has 0 atom stereocenters. The summed E-state index contributed by atoms with van der Waals surface area (Å²) >= 11 is 3.46. The first-order chi connectivity index (χ1) is 11.0. The van der Waals surface area contributed by atoms with E-state index in [2.05, 4.69) is 26.2 Å². The topological polar surface area (TPSA) is 82.2 Å². The Kier molecular flexibility index (Phi) is 4.43. The van der Waals surface area contributed by atoms with E-state index < -0.39 is 11.4 Å². The largest absolute Gasteiger partial charge is 0.481 e. The molecule has 5 nitrogen and oxygen atoms in total. The van der Waals surface area contributed by atoms with Gasteiger partial charge < -0.3 is 15.4 Å². The number of H-pyrrole nitrogens is 1. The highest BCUT2D eigenvalue weighted by molar-refractivity contribution is 9.10. The number of carbonyl (C=O) groups is 2. The lowest BCUT2D eigenvalue weighted by Gasteiger charge is -2.33. The molecule has 2 aromatic rings. The number of carboxylic acids is 1. The Morgan fingerprint density at radius 1 is 1.26 bits per heavy atom. The summed E-state index contributed by atoms with van der Waals surface area (Å²) in [6.07, 6.45) is 5.79. The molecule has 1 fully saturated rings. The number of hydrogen-bond acceptors (Lipinski definition) is 2. The van der Waals surface area contributed by atoms with Crippen LogP contribution in [0.5, 0.6) is 0 Å². The lowest BCUT2D eigenvalue weighted by atomic mass is 9.74. The zero-order valence-electron chi connectivity index (χ0n) is 12.7. The Balaban J connectivity index is 1.79. The van der Waals surface area contributed by atoms with Gasteiger partial charge in [0, 0.05) is 28.1 Å². The standard InChI is InChI=1S/C17H19BrN2O3/c18-12-5-4-6-13-14(12)11(9-19-13)15(21)20-10-17(16(22)23)7-2-1-3-8-17/h4-6,9,19H,1-3,7-8,10H2,(H,20,21)(H,22,23). The fourth-order valence-corrected chi connectivity index (χ4v) is 3.94. The second kappa shape index (κ2) is 6.35. The normalized spacial score (nSPS) is 17.1. The summed E-state index contributed by atoms with van der Waals surface area (Å²) in [4.78, 5) is 27.3. The number of carboxylic acid groups (broad SMARTS) is 1. The maximum absolute atomic E-state index is 12.5. The number of carbonyl (C=O) groups excluding carboxylic acids is 1. The van der Waals surface area contributed by atoms with E-state index in [0.717, 1.165) is 34.6 Å². The molecule has 0 saturated heterocycles. The highest BCUT2D eigenvalue weighted by Gasteiger charge is 2.39. The Morgan fingerprint density at radius 3 is 2.70 bits per heavy atom. The van der Waals surface area contributed by atoms with E-state index in [-0.39, 0.29) is 12.5 Å². The van der Waals surface area contributed by atoms with Crippen molar-refractivity contribution < 1.29 is 14.7 Å². The van der Waals surface area contributed by atoms with Crippen LogP contribution in [0.1, 0.15) is 42.5 Å². The van der Waals surface area contributed by atoms with Crippen LogP contribution in [0.4, 0.5) is 0 Å². The summed E-state index contributed by atoms with van der Waals surface area (Å²) in [5.74, 6) is -1.05. The highest BCUT2D eigenvalue weighted by Crippen LogP contribution is 2.36. The van der Waals surface area contributed by atoms with Crippen LogP contribution < -0.4 is 5.32 Å². The van der Waals surface area contributed by atoms with Gasteiger partial charge in [0.2, 0.25) is 0 Å². The second-order valence-corrected chi connectivity index (χ2v) is 7.05. The summed E-state index contributed by atoms with van der Waals surface area (Å²) in [7, 11) is 0. The van der Waals surface area contributed by atoms with Crippen LogP contribution in [0.2, 0.25) is 0 Å². The third-order valence-electron chi connectivity index (χ3n) is 4.75. The number of rotatable bonds is 4. The van der Waals surface area contributed by atoms with Crippen molar-refractivity contribution >= 4 is 38.7 Å². The molecule has 1 aromatic carbocycles. The van der Waals surface area contributed by atoms with Gasteiger partial charge >= 0.3 is 5.97 Å². The maximum Gasteiger partial charge on any atom is 0.311 e. The average Bonchev–Trinajstić information content (AvgIpc) is 2.99. The van der Waals surface area contributed by atoms with Crippen LogP contribution >= 0.6 is 15.9 Å². The average molecular weight is 379 g/mol. The lowest BCUT2D eigenvalue weighted by molar-refractivity contribution is -0.150. The molecule has 1 amide bonds. The number of amides is 1. The van der Waals surface area contributed by atoms with E-state index in [4.69, 9.17) is 0 Å². The fraction of sp³-hybridized carbons (Fsp3) is 0.412. The molecule has 3 N–H and O–H groups in total. The van der Waals surface area contributed by atoms with Crippen molar-refractivity contribution in [2.24, 2.45) is 5.41 Å². The van der Waals surface area contributed by atoms with Crippen molar-refractivity contribution in [1.29, 1.82) is 0 Å². The minimum atomic E-state index is -0.822. The van der Waals surface area contributed by atoms with E-state index in [1.54, 1.807) is 6.20 Å². The number of hydrogen-bond donors (Lipinski definition) is 3. The number of benzene rings is 1. The molecule has 1 aromatic heterocycles. The molecule has 0 spiro atoms. The fourth-order valence-electron chi connectivity index (χ4n) is 3.36. The van der Waals surface area contributed by atoms with Crippen LogP contribution in [0, 0.1) is 5.41 Å². The quantitative estimate of drug-likeness (QED) is 0.758. The van der Waals surface area contributed by atoms with Crippen molar-refractivity contribution in [3.63, 3.8) is 0 Å². The van der Waals surface area contributed by atoms with Gasteiger partial charge in [-0.15, -0.1) is 0 Å². The van der Waals surface area contributed by atoms with Crippen molar-refractivity contribution in [1.82, 2.24) is 10.3 Å². The van der Waals surface area contributed by atoms with Gasteiger partial charge in [0.05, 0.1) is 11.0 Å². The molecule has 1 aliphatic carbocycles. The highest BCUT2D eigenvalue weighted by atomic mass is 79.9. The molecule has 6 heteroatoms. The molecule has 1 heterocycles. The van der Waals surface area contributed by atoms with Gasteiger partial charge in [-0.3, -0.25) is 9.59 Å². The molecule has 0 unspecified atom stereocenters. The van der Waals surface area contributed by atoms with Crippen LogP contribution in [0.15, 0.2) is 28.9 Å². The Morgan fingerprint density at radius 2 is 2.00 bits per heavy atom. The Bertz CT molecular complexity index is 747. The summed E-state index contributed by atoms with van der Waals surface area (Å²) < 4.78 is 0.840. The van der Waals surface area contributed by atoms with E-state index in [1.807, 2.05) is 18.2 Å². The number of aromatic nitrogens is 1. The third-order valence-corrected chi connectivity index (χ3v) is 5.41. The zero-order valence-corrected chi connectivity index (χ0v) is 14.3. The molecule has 0 bridgehead atoms. The Hall–Kier alpha value is -1.82.